The van der Waals surface area contributed by atoms with Gasteiger partial charge in [-0.3, -0.25) is 9.78 Å². The van der Waals surface area contributed by atoms with E-state index in [1.807, 2.05) is 19.1 Å². The van der Waals surface area contributed by atoms with E-state index in [-0.39, 0.29) is 5.91 Å². The van der Waals surface area contributed by atoms with Crippen LogP contribution in [-0.2, 0) is 4.79 Å². The average Bonchev–Trinajstić information content (AvgIpc) is 2.93. The number of nitrogens with zero attached hydrogens (tertiary/aromatic N) is 2. The molecule has 0 aliphatic rings. The van der Waals surface area contributed by atoms with Crippen LogP contribution in [0.15, 0.2) is 30.5 Å². The van der Waals surface area contributed by atoms with Gasteiger partial charge in [-0.25, -0.2) is 4.79 Å². The second kappa shape index (κ2) is 7.23. The Kier molecular flexibility index (Phi) is 5.33. The highest BCUT2D eigenvalue weighted by molar-refractivity contribution is 7.15. The molecule has 0 aliphatic carbocycles. The Balaban J connectivity index is 2.11. The van der Waals surface area contributed by atoms with Crippen LogP contribution >= 0.6 is 11.3 Å². The fourth-order valence-electron chi connectivity index (χ4n) is 2.07. The van der Waals surface area contributed by atoms with Gasteiger partial charge in [0.25, 0.3) is 0 Å². The van der Waals surface area contributed by atoms with Crippen LogP contribution in [0, 0.1) is 6.92 Å². The molecule has 2 rings (SSSR count). The summed E-state index contributed by atoms with van der Waals surface area (Å²) in [5.41, 5.74) is 1.32. The molecule has 3 amide bonds. The molecule has 0 radical (unpaired) electrons. The van der Waals surface area contributed by atoms with Gasteiger partial charge in [0.2, 0.25) is 5.91 Å². The van der Waals surface area contributed by atoms with Crippen LogP contribution in [0.5, 0.6) is 0 Å². The topological polar surface area (TPSA) is 74.3 Å². The number of urea groups is 1. The number of likely N-dealkylation sites (N-methyl/N-ethyl adjacent to an activating group) is 1. The largest absolute Gasteiger partial charge is 0.347 e. The number of pyridine rings is 1. The number of aryl methyl sites for hydroxylation is 1. The van der Waals surface area contributed by atoms with Crippen molar-refractivity contribution in [3.63, 3.8) is 0 Å². The van der Waals surface area contributed by atoms with Crippen molar-refractivity contribution < 1.29 is 9.59 Å². The Labute approximate surface area is 139 Å². The Morgan fingerprint density at radius 3 is 2.61 bits per heavy atom. The van der Waals surface area contributed by atoms with Gasteiger partial charge in [-0.1, -0.05) is 0 Å². The lowest BCUT2D eigenvalue weighted by atomic mass is 10.2. The lowest BCUT2D eigenvalue weighted by Crippen LogP contribution is -2.45. The van der Waals surface area contributed by atoms with Crippen molar-refractivity contribution in [1.29, 1.82) is 0 Å². The fraction of sp³-hybridized carbons (Fsp3) is 0.312. The Morgan fingerprint density at radius 2 is 2.00 bits per heavy atom. The first-order chi connectivity index (χ1) is 10.9. The Bertz CT molecular complexity index is 712. The summed E-state index contributed by atoms with van der Waals surface area (Å²) in [6, 6.07) is 6.49. The number of carbonyl (C=O) groups excluding carboxylic acids is 2. The maximum Gasteiger partial charge on any atom is 0.319 e. The highest BCUT2D eigenvalue weighted by Crippen LogP contribution is 2.31. The average molecular weight is 332 g/mol. The summed E-state index contributed by atoms with van der Waals surface area (Å²) in [5, 5.41) is 5.39. The van der Waals surface area contributed by atoms with E-state index in [9.17, 15) is 9.59 Å². The molecular weight excluding hydrogens is 312 g/mol. The Hall–Kier alpha value is -2.41. The first-order valence-corrected chi connectivity index (χ1v) is 8.00. The van der Waals surface area contributed by atoms with E-state index in [0.717, 1.165) is 4.88 Å². The van der Waals surface area contributed by atoms with E-state index < -0.39 is 12.1 Å². The van der Waals surface area contributed by atoms with Gasteiger partial charge >= 0.3 is 6.03 Å². The standard InChI is InChI=1S/C16H20N4O2S/c1-10-7-8-13(23-10)14-12(6-5-9-17-14)19-16(22)18-11(2)15(21)20(3)4/h5-9,11H,1-4H3,(H2,18,19,22)/t11-/m0/s1. The van der Waals surface area contributed by atoms with Crippen LogP contribution in [0.2, 0.25) is 0 Å². The molecular formula is C16H20N4O2S. The zero-order chi connectivity index (χ0) is 17.0. The van der Waals surface area contributed by atoms with Crippen LogP contribution in [0.4, 0.5) is 10.5 Å². The van der Waals surface area contributed by atoms with Crippen molar-refractivity contribution in [1.82, 2.24) is 15.2 Å². The number of anilines is 1. The number of hydrogen-bond donors (Lipinski definition) is 2. The highest BCUT2D eigenvalue weighted by Gasteiger charge is 2.18. The van der Waals surface area contributed by atoms with E-state index in [1.54, 1.807) is 50.7 Å². The molecule has 0 spiro atoms. The van der Waals surface area contributed by atoms with Gasteiger partial charge in [-0.2, -0.15) is 0 Å². The third kappa shape index (κ3) is 4.29. The van der Waals surface area contributed by atoms with E-state index >= 15 is 0 Å². The molecule has 122 valence electrons. The summed E-state index contributed by atoms with van der Waals surface area (Å²) >= 11 is 1.61. The minimum atomic E-state index is -0.603. The van der Waals surface area contributed by atoms with Gasteiger partial charge < -0.3 is 15.5 Å². The molecule has 0 aromatic carbocycles. The molecule has 1 atom stereocenters. The zero-order valence-corrected chi connectivity index (χ0v) is 14.4. The summed E-state index contributed by atoms with van der Waals surface area (Å²) < 4.78 is 0. The lowest BCUT2D eigenvalue weighted by Gasteiger charge is -2.18. The van der Waals surface area contributed by atoms with E-state index in [0.29, 0.717) is 11.4 Å². The molecule has 0 saturated heterocycles. The Morgan fingerprint density at radius 1 is 1.26 bits per heavy atom. The SMILES string of the molecule is Cc1ccc(-c2ncccc2NC(=O)N[C@@H](C)C(=O)N(C)C)s1. The van der Waals surface area contributed by atoms with Gasteiger partial charge in [-0.05, 0) is 38.1 Å². The van der Waals surface area contributed by atoms with Crippen LogP contribution in [0.25, 0.3) is 10.6 Å². The van der Waals surface area contributed by atoms with E-state index in [2.05, 4.69) is 15.6 Å². The van der Waals surface area contributed by atoms with Crippen LogP contribution < -0.4 is 10.6 Å². The maximum absolute atomic E-state index is 12.1. The highest BCUT2D eigenvalue weighted by atomic mass is 32.1. The first-order valence-electron chi connectivity index (χ1n) is 7.19. The van der Waals surface area contributed by atoms with E-state index in [1.165, 1.54) is 9.78 Å². The van der Waals surface area contributed by atoms with E-state index in [4.69, 9.17) is 0 Å². The van der Waals surface area contributed by atoms with Gasteiger partial charge in [0.05, 0.1) is 10.6 Å². The van der Waals surface area contributed by atoms with Gasteiger partial charge in [-0.15, -0.1) is 11.3 Å². The summed E-state index contributed by atoms with van der Waals surface area (Å²) in [7, 11) is 3.30. The number of hydrogen-bond acceptors (Lipinski definition) is 4. The normalized spacial score (nSPS) is 11.7. The molecule has 0 saturated carbocycles. The molecule has 0 unspecified atom stereocenters. The quantitative estimate of drug-likeness (QED) is 0.904. The molecule has 2 heterocycles. The van der Waals surface area contributed by atoms with Crippen molar-refractivity contribution in [3.8, 4) is 10.6 Å². The third-order valence-corrected chi connectivity index (χ3v) is 4.20. The lowest BCUT2D eigenvalue weighted by molar-refractivity contribution is -0.130. The number of amides is 3. The second-order valence-electron chi connectivity index (χ2n) is 5.36. The molecule has 2 aromatic heterocycles. The molecule has 2 N–H and O–H groups in total. The van der Waals surface area contributed by atoms with Crippen LogP contribution in [0.1, 0.15) is 11.8 Å². The predicted octanol–water partition coefficient (Wildman–Crippen LogP) is 2.72. The number of nitrogens with one attached hydrogen (secondary N) is 2. The molecule has 0 aliphatic heterocycles. The fourth-order valence-corrected chi connectivity index (χ4v) is 2.95. The minimum absolute atomic E-state index is 0.166. The van der Waals surface area contributed by atoms with Gasteiger partial charge in [0, 0.05) is 25.2 Å². The first kappa shape index (κ1) is 17.0. The number of rotatable bonds is 4. The molecule has 0 fully saturated rings. The van der Waals surface area contributed by atoms with Crippen molar-refractivity contribution in [3.05, 3.63) is 35.3 Å². The zero-order valence-electron chi connectivity index (χ0n) is 13.6. The molecule has 2 aromatic rings. The van der Waals surface area contributed by atoms with Crippen molar-refractivity contribution in [2.45, 2.75) is 19.9 Å². The predicted molar refractivity (Wildman–Crippen MR) is 92.6 cm³/mol. The van der Waals surface area contributed by atoms with Gasteiger partial charge in [0.1, 0.15) is 11.7 Å². The molecule has 23 heavy (non-hydrogen) atoms. The monoisotopic (exact) mass is 332 g/mol. The molecule has 0 bridgehead atoms. The molecule has 6 nitrogen and oxygen atoms in total. The minimum Gasteiger partial charge on any atom is -0.347 e. The van der Waals surface area contributed by atoms with Crippen molar-refractivity contribution in [2.75, 3.05) is 19.4 Å². The van der Waals surface area contributed by atoms with Crippen LogP contribution in [-0.4, -0.2) is 42.0 Å². The molecule has 7 heteroatoms. The summed E-state index contributed by atoms with van der Waals surface area (Å²) in [5.74, 6) is -0.166. The van der Waals surface area contributed by atoms with Crippen molar-refractivity contribution in [2.24, 2.45) is 0 Å². The number of aromatic nitrogens is 1. The number of carbonyl (C=O) groups is 2. The van der Waals surface area contributed by atoms with Crippen LogP contribution in [0.3, 0.4) is 0 Å². The summed E-state index contributed by atoms with van der Waals surface area (Å²) in [6.45, 7) is 3.67. The smallest absolute Gasteiger partial charge is 0.319 e. The second-order valence-corrected chi connectivity index (χ2v) is 6.65. The van der Waals surface area contributed by atoms with Gasteiger partial charge in [0.15, 0.2) is 0 Å². The maximum atomic E-state index is 12.1. The third-order valence-electron chi connectivity index (χ3n) is 3.19. The summed E-state index contributed by atoms with van der Waals surface area (Å²) in [6.07, 6.45) is 1.69. The van der Waals surface area contributed by atoms with Crippen molar-refractivity contribution >= 4 is 29.0 Å². The summed E-state index contributed by atoms with van der Waals surface area (Å²) in [4.78, 5) is 31.9. The number of thiophene rings is 1.